The molecule has 0 fully saturated rings. The van der Waals surface area contributed by atoms with Gasteiger partial charge in [0.05, 0.1) is 5.75 Å². The molecule has 0 aliphatic rings. The highest BCUT2D eigenvalue weighted by atomic mass is 35.5. The van der Waals surface area contributed by atoms with Crippen LogP contribution in [0.4, 0.5) is 0 Å². The molecule has 7 heteroatoms. The van der Waals surface area contributed by atoms with Crippen molar-refractivity contribution in [1.29, 1.82) is 0 Å². The second-order valence-electron chi connectivity index (χ2n) is 6.92. The fourth-order valence-corrected chi connectivity index (χ4v) is 4.00. The van der Waals surface area contributed by atoms with Crippen LogP contribution in [0.5, 0.6) is 0 Å². The monoisotopic (exact) mass is 428 g/mol. The number of aromatic nitrogens is 3. The van der Waals surface area contributed by atoms with E-state index < -0.39 is 0 Å². The standard InChI is InChI=1S/C22H25ClN4OS/c1-3-7-16(2)24-21(28)15-29-22-26-25-20(14-17-8-5-4-6-9-17)27(22)19-12-10-18(23)11-13-19/h4-6,8-13,16H,3,7,14-15H2,1-2H3,(H,24,28). The first-order chi connectivity index (χ1) is 14.1. The number of hydrogen-bond donors (Lipinski definition) is 1. The van der Waals surface area contributed by atoms with Crippen molar-refractivity contribution in [2.75, 3.05) is 5.75 Å². The van der Waals surface area contributed by atoms with Gasteiger partial charge in [-0.15, -0.1) is 10.2 Å². The fourth-order valence-electron chi connectivity index (χ4n) is 3.09. The molecule has 1 heterocycles. The maximum atomic E-state index is 12.3. The summed E-state index contributed by atoms with van der Waals surface area (Å²) in [6.45, 7) is 4.14. The van der Waals surface area contributed by atoms with Crippen LogP contribution in [-0.4, -0.2) is 32.5 Å². The van der Waals surface area contributed by atoms with Crippen molar-refractivity contribution in [3.63, 3.8) is 0 Å². The maximum Gasteiger partial charge on any atom is 0.230 e. The van der Waals surface area contributed by atoms with Gasteiger partial charge in [0.25, 0.3) is 0 Å². The van der Waals surface area contributed by atoms with E-state index in [1.807, 2.05) is 54.0 Å². The van der Waals surface area contributed by atoms with Crippen LogP contribution in [0.1, 0.15) is 38.1 Å². The number of thioether (sulfide) groups is 1. The molecule has 0 bridgehead atoms. The highest BCUT2D eigenvalue weighted by Gasteiger charge is 2.17. The number of benzene rings is 2. The van der Waals surface area contributed by atoms with Crippen molar-refractivity contribution in [1.82, 2.24) is 20.1 Å². The zero-order chi connectivity index (χ0) is 20.6. The van der Waals surface area contributed by atoms with Crippen LogP contribution in [0.3, 0.4) is 0 Å². The first-order valence-electron chi connectivity index (χ1n) is 9.73. The first-order valence-corrected chi connectivity index (χ1v) is 11.1. The Morgan fingerprint density at radius 2 is 1.86 bits per heavy atom. The highest BCUT2D eigenvalue weighted by Crippen LogP contribution is 2.24. The summed E-state index contributed by atoms with van der Waals surface area (Å²) in [4.78, 5) is 12.3. The molecule has 0 aliphatic heterocycles. The van der Waals surface area contributed by atoms with E-state index in [0.29, 0.717) is 22.4 Å². The summed E-state index contributed by atoms with van der Waals surface area (Å²) < 4.78 is 2.00. The summed E-state index contributed by atoms with van der Waals surface area (Å²) in [5.41, 5.74) is 2.07. The van der Waals surface area contributed by atoms with Gasteiger partial charge >= 0.3 is 0 Å². The third-order valence-electron chi connectivity index (χ3n) is 4.45. The number of rotatable bonds is 9. The molecular formula is C22H25ClN4OS. The summed E-state index contributed by atoms with van der Waals surface area (Å²) in [6, 6.07) is 17.9. The molecule has 152 valence electrons. The minimum Gasteiger partial charge on any atom is -0.353 e. The molecule has 1 N–H and O–H groups in total. The largest absolute Gasteiger partial charge is 0.353 e. The van der Waals surface area contributed by atoms with E-state index in [-0.39, 0.29) is 11.9 Å². The normalized spacial score (nSPS) is 12.0. The quantitative estimate of drug-likeness (QED) is 0.492. The summed E-state index contributed by atoms with van der Waals surface area (Å²) >= 11 is 7.45. The topological polar surface area (TPSA) is 59.8 Å². The maximum absolute atomic E-state index is 12.3. The number of nitrogens with one attached hydrogen (secondary N) is 1. The van der Waals surface area contributed by atoms with Crippen molar-refractivity contribution in [2.45, 2.75) is 44.3 Å². The van der Waals surface area contributed by atoms with E-state index in [2.05, 4.69) is 34.6 Å². The highest BCUT2D eigenvalue weighted by molar-refractivity contribution is 7.99. The Morgan fingerprint density at radius 3 is 2.55 bits per heavy atom. The van der Waals surface area contributed by atoms with Crippen molar-refractivity contribution in [3.05, 3.63) is 71.0 Å². The smallest absolute Gasteiger partial charge is 0.230 e. The minimum absolute atomic E-state index is 0.00576. The molecule has 1 atom stereocenters. The van der Waals surface area contributed by atoms with Gasteiger partial charge in [-0.1, -0.05) is 67.0 Å². The van der Waals surface area contributed by atoms with Gasteiger partial charge in [0.15, 0.2) is 5.16 Å². The van der Waals surface area contributed by atoms with E-state index in [1.54, 1.807) is 0 Å². The molecular weight excluding hydrogens is 404 g/mol. The molecule has 1 aromatic heterocycles. The first kappa shape index (κ1) is 21.4. The third-order valence-corrected chi connectivity index (χ3v) is 5.63. The fraction of sp³-hybridized carbons (Fsp3) is 0.318. The van der Waals surface area contributed by atoms with Crippen molar-refractivity contribution in [2.24, 2.45) is 0 Å². The minimum atomic E-state index is 0.00576. The van der Waals surface area contributed by atoms with Gasteiger partial charge in [-0.05, 0) is 43.2 Å². The summed E-state index contributed by atoms with van der Waals surface area (Å²) in [5.74, 6) is 1.12. The van der Waals surface area contributed by atoms with E-state index in [0.717, 1.165) is 29.9 Å². The van der Waals surface area contributed by atoms with Crippen LogP contribution in [0, 0.1) is 0 Å². The van der Waals surface area contributed by atoms with E-state index in [9.17, 15) is 4.79 Å². The van der Waals surface area contributed by atoms with Gasteiger partial charge in [0, 0.05) is 23.2 Å². The van der Waals surface area contributed by atoms with Crippen LogP contribution >= 0.6 is 23.4 Å². The number of hydrogen-bond acceptors (Lipinski definition) is 4. The average molecular weight is 429 g/mol. The average Bonchev–Trinajstić information content (AvgIpc) is 3.10. The number of carbonyl (C=O) groups is 1. The lowest BCUT2D eigenvalue weighted by Gasteiger charge is -2.13. The second kappa shape index (κ2) is 10.5. The van der Waals surface area contributed by atoms with Crippen LogP contribution in [-0.2, 0) is 11.2 Å². The summed E-state index contributed by atoms with van der Waals surface area (Å²) in [7, 11) is 0. The van der Waals surface area contributed by atoms with Crippen molar-refractivity contribution >= 4 is 29.3 Å². The Balaban J connectivity index is 1.81. The summed E-state index contributed by atoms with van der Waals surface area (Å²) in [6.07, 6.45) is 2.66. The zero-order valence-electron chi connectivity index (χ0n) is 16.6. The molecule has 1 amide bonds. The molecule has 0 radical (unpaired) electrons. The molecule has 0 saturated carbocycles. The zero-order valence-corrected chi connectivity index (χ0v) is 18.2. The van der Waals surface area contributed by atoms with Crippen LogP contribution in [0.15, 0.2) is 59.8 Å². The van der Waals surface area contributed by atoms with Gasteiger partial charge in [0.1, 0.15) is 5.82 Å². The lowest BCUT2D eigenvalue weighted by molar-refractivity contribution is -0.119. The van der Waals surface area contributed by atoms with Gasteiger partial charge in [-0.2, -0.15) is 0 Å². The SMILES string of the molecule is CCCC(C)NC(=O)CSc1nnc(Cc2ccccc2)n1-c1ccc(Cl)cc1. The van der Waals surface area contributed by atoms with Crippen molar-refractivity contribution in [3.8, 4) is 5.69 Å². The molecule has 5 nitrogen and oxygen atoms in total. The van der Waals surface area contributed by atoms with E-state index in [4.69, 9.17) is 11.6 Å². The molecule has 3 rings (SSSR count). The van der Waals surface area contributed by atoms with Crippen LogP contribution in [0.2, 0.25) is 5.02 Å². The predicted molar refractivity (Wildman–Crippen MR) is 119 cm³/mol. The van der Waals surface area contributed by atoms with E-state index in [1.165, 1.54) is 11.8 Å². The number of halogens is 1. The Kier molecular flexibility index (Phi) is 7.72. The second-order valence-corrected chi connectivity index (χ2v) is 8.30. The van der Waals surface area contributed by atoms with Gasteiger partial charge in [-0.25, -0.2) is 0 Å². The number of amides is 1. The van der Waals surface area contributed by atoms with Gasteiger partial charge < -0.3 is 5.32 Å². The van der Waals surface area contributed by atoms with Crippen LogP contribution < -0.4 is 5.32 Å². The summed E-state index contributed by atoms with van der Waals surface area (Å²) in [5, 5.41) is 13.2. The molecule has 0 saturated heterocycles. The molecule has 29 heavy (non-hydrogen) atoms. The Morgan fingerprint density at radius 1 is 1.14 bits per heavy atom. The van der Waals surface area contributed by atoms with Gasteiger partial charge in [-0.3, -0.25) is 9.36 Å². The van der Waals surface area contributed by atoms with Gasteiger partial charge in [0.2, 0.25) is 5.91 Å². The van der Waals surface area contributed by atoms with Crippen molar-refractivity contribution < 1.29 is 4.79 Å². The molecule has 3 aromatic rings. The lowest BCUT2D eigenvalue weighted by atomic mass is 10.1. The predicted octanol–water partition coefficient (Wildman–Crippen LogP) is 4.91. The molecule has 0 aliphatic carbocycles. The third kappa shape index (κ3) is 6.08. The van der Waals surface area contributed by atoms with E-state index >= 15 is 0 Å². The Bertz CT molecular complexity index is 928. The molecule has 1 unspecified atom stereocenters. The Hall–Kier alpha value is -2.31. The van der Waals surface area contributed by atoms with Crippen LogP contribution in [0.25, 0.3) is 5.69 Å². The lowest BCUT2D eigenvalue weighted by Crippen LogP contribution is -2.33. The number of carbonyl (C=O) groups excluding carboxylic acids is 1. The Labute approximate surface area is 180 Å². The molecule has 2 aromatic carbocycles. The number of nitrogens with zero attached hydrogens (tertiary/aromatic N) is 3. The molecule has 0 spiro atoms.